The van der Waals surface area contributed by atoms with Gasteiger partial charge in [-0.25, -0.2) is 22.7 Å². The van der Waals surface area contributed by atoms with Crippen molar-refractivity contribution in [3.05, 3.63) is 55.1 Å². The van der Waals surface area contributed by atoms with Crippen LogP contribution in [0.1, 0.15) is 12.8 Å². The van der Waals surface area contributed by atoms with Crippen molar-refractivity contribution in [2.24, 2.45) is 13.0 Å². The summed E-state index contributed by atoms with van der Waals surface area (Å²) in [4.78, 5) is 23.8. The van der Waals surface area contributed by atoms with Crippen LogP contribution in [0, 0.1) is 5.92 Å². The SMILES string of the molecule is Cn1cncc1N(c1ccc(-c2cc(NC(=O)C3CC3)nc3[nH]ccc23)cc1)[SH](=O)=O. The molecule has 0 bridgehead atoms. The second kappa shape index (κ2) is 7.55. The average Bonchev–Trinajstić information content (AvgIpc) is 3.37. The zero-order chi connectivity index (χ0) is 21.5. The van der Waals surface area contributed by atoms with Gasteiger partial charge < -0.3 is 14.9 Å². The summed E-state index contributed by atoms with van der Waals surface area (Å²) in [7, 11) is -1.16. The molecule has 1 saturated carbocycles. The fraction of sp³-hybridized carbons (Fsp3) is 0.190. The molecule has 1 fully saturated rings. The summed E-state index contributed by atoms with van der Waals surface area (Å²) in [5.41, 5.74) is 2.95. The number of aryl methyl sites for hydroxylation is 1. The Balaban J connectivity index is 1.52. The first-order valence-corrected chi connectivity index (χ1v) is 10.9. The van der Waals surface area contributed by atoms with E-state index in [1.807, 2.05) is 24.3 Å². The number of hydrogen-bond acceptors (Lipinski definition) is 5. The van der Waals surface area contributed by atoms with Crippen molar-refractivity contribution in [2.45, 2.75) is 12.8 Å². The summed E-state index contributed by atoms with van der Waals surface area (Å²) in [5.74, 6) is 1.01. The summed E-state index contributed by atoms with van der Waals surface area (Å²) < 4.78 is 26.7. The van der Waals surface area contributed by atoms with E-state index in [0.29, 0.717) is 23.0 Å². The Morgan fingerprint density at radius 3 is 2.65 bits per heavy atom. The minimum Gasteiger partial charge on any atom is -0.346 e. The highest BCUT2D eigenvalue weighted by atomic mass is 32.2. The number of nitrogens with zero attached hydrogens (tertiary/aromatic N) is 4. The van der Waals surface area contributed by atoms with Gasteiger partial charge in [0.25, 0.3) is 0 Å². The zero-order valence-electron chi connectivity index (χ0n) is 16.6. The van der Waals surface area contributed by atoms with Gasteiger partial charge in [0, 0.05) is 24.5 Å². The molecule has 3 heterocycles. The van der Waals surface area contributed by atoms with E-state index in [0.717, 1.165) is 29.4 Å². The van der Waals surface area contributed by atoms with Gasteiger partial charge in [-0.05, 0) is 48.2 Å². The van der Waals surface area contributed by atoms with E-state index in [2.05, 4.69) is 20.3 Å². The van der Waals surface area contributed by atoms with Gasteiger partial charge in [0.15, 0.2) is 0 Å². The van der Waals surface area contributed by atoms with Crippen LogP contribution in [-0.4, -0.2) is 33.8 Å². The second-order valence-electron chi connectivity index (χ2n) is 7.52. The fourth-order valence-corrected chi connectivity index (χ4v) is 4.24. The molecule has 1 aromatic carbocycles. The van der Waals surface area contributed by atoms with Crippen molar-refractivity contribution in [1.82, 2.24) is 19.5 Å². The van der Waals surface area contributed by atoms with Gasteiger partial charge in [-0.2, -0.15) is 0 Å². The van der Waals surface area contributed by atoms with Crippen molar-refractivity contribution >= 4 is 45.2 Å². The number of pyridine rings is 1. The largest absolute Gasteiger partial charge is 0.346 e. The first kappa shape index (κ1) is 19.3. The Bertz CT molecular complexity index is 1340. The number of amides is 1. The first-order valence-electron chi connectivity index (χ1n) is 9.81. The Labute approximate surface area is 179 Å². The maximum absolute atomic E-state index is 12.2. The quantitative estimate of drug-likeness (QED) is 0.402. The number of anilines is 3. The number of rotatable bonds is 6. The first-order chi connectivity index (χ1) is 15.0. The number of aromatic amines is 1. The Kier molecular flexibility index (Phi) is 4.70. The summed E-state index contributed by atoms with van der Waals surface area (Å²) in [6.07, 6.45) is 6.68. The molecule has 0 spiro atoms. The summed E-state index contributed by atoms with van der Waals surface area (Å²) in [5, 5.41) is 3.81. The molecule has 31 heavy (non-hydrogen) atoms. The van der Waals surface area contributed by atoms with Crippen LogP contribution in [0.15, 0.2) is 55.1 Å². The molecule has 0 saturated heterocycles. The van der Waals surface area contributed by atoms with E-state index < -0.39 is 10.9 Å². The van der Waals surface area contributed by atoms with Crippen LogP contribution >= 0.6 is 0 Å². The maximum atomic E-state index is 12.2. The molecule has 9 nitrogen and oxygen atoms in total. The number of nitrogens with one attached hydrogen (secondary N) is 2. The molecular weight excluding hydrogens is 416 g/mol. The monoisotopic (exact) mass is 436 g/mol. The summed E-state index contributed by atoms with van der Waals surface area (Å²) in [6, 6.07) is 11.0. The molecule has 0 unspecified atom stereocenters. The predicted octanol–water partition coefficient (Wildman–Crippen LogP) is 2.98. The standard InChI is InChI=1S/C21H20N6O3S/c1-26-12-22-11-19(26)27(31(29)30)15-6-4-13(5-7-15)17-10-18(25-21(28)14-2-3-14)24-20-16(17)8-9-23-20/h4-12,14,31H,2-3H2,1H3,(H2,23,24,25,28). The second-order valence-corrected chi connectivity index (χ2v) is 8.39. The van der Waals surface area contributed by atoms with Crippen LogP contribution < -0.4 is 9.62 Å². The Hall–Kier alpha value is -3.66. The summed E-state index contributed by atoms with van der Waals surface area (Å²) >= 11 is 0. The van der Waals surface area contributed by atoms with E-state index in [9.17, 15) is 13.2 Å². The van der Waals surface area contributed by atoms with E-state index in [-0.39, 0.29) is 11.8 Å². The van der Waals surface area contributed by atoms with Crippen LogP contribution in [-0.2, 0) is 22.7 Å². The molecule has 0 radical (unpaired) electrons. The number of aromatic nitrogens is 4. The number of fused-ring (bicyclic) bond motifs is 1. The number of thiol groups is 1. The van der Waals surface area contributed by atoms with Crippen LogP contribution in [0.4, 0.5) is 17.3 Å². The van der Waals surface area contributed by atoms with E-state index in [4.69, 9.17) is 0 Å². The lowest BCUT2D eigenvalue weighted by Crippen LogP contribution is -2.17. The molecule has 4 aromatic rings. The molecule has 10 heteroatoms. The number of H-pyrrole nitrogens is 1. The highest BCUT2D eigenvalue weighted by Gasteiger charge is 2.30. The van der Waals surface area contributed by atoms with Gasteiger partial charge >= 0.3 is 0 Å². The molecular formula is C21H20N6O3S. The van der Waals surface area contributed by atoms with E-state index >= 15 is 0 Å². The summed E-state index contributed by atoms with van der Waals surface area (Å²) in [6.45, 7) is 0. The van der Waals surface area contributed by atoms with Crippen molar-refractivity contribution in [3.8, 4) is 11.1 Å². The molecule has 5 rings (SSSR count). The number of benzene rings is 1. The molecule has 0 atom stereocenters. The lowest BCUT2D eigenvalue weighted by atomic mass is 10.0. The van der Waals surface area contributed by atoms with Gasteiger partial charge in [0.1, 0.15) is 17.3 Å². The Morgan fingerprint density at radius 2 is 2.00 bits per heavy atom. The van der Waals surface area contributed by atoms with Gasteiger partial charge in [-0.3, -0.25) is 4.79 Å². The van der Waals surface area contributed by atoms with Crippen LogP contribution in [0.5, 0.6) is 0 Å². The molecule has 1 aliphatic rings. The number of imidazole rings is 1. The van der Waals surface area contributed by atoms with Gasteiger partial charge in [-0.1, -0.05) is 12.1 Å². The topological polar surface area (TPSA) is 113 Å². The third-order valence-corrected chi connectivity index (χ3v) is 6.08. The number of carbonyl (C=O) groups excluding carboxylic acids is 1. The van der Waals surface area contributed by atoms with E-state index in [1.165, 1.54) is 10.5 Å². The van der Waals surface area contributed by atoms with Crippen molar-refractivity contribution < 1.29 is 13.2 Å². The average molecular weight is 436 g/mol. The molecule has 3 aromatic heterocycles. The molecule has 0 aliphatic heterocycles. The molecule has 1 aliphatic carbocycles. The highest BCUT2D eigenvalue weighted by molar-refractivity contribution is 7.74. The van der Waals surface area contributed by atoms with Gasteiger partial charge in [-0.15, -0.1) is 0 Å². The van der Waals surface area contributed by atoms with E-state index in [1.54, 1.807) is 36.3 Å². The molecule has 158 valence electrons. The zero-order valence-corrected chi connectivity index (χ0v) is 17.5. The van der Waals surface area contributed by atoms with Crippen molar-refractivity contribution in [2.75, 3.05) is 9.62 Å². The number of carbonyl (C=O) groups is 1. The van der Waals surface area contributed by atoms with Crippen molar-refractivity contribution in [1.29, 1.82) is 0 Å². The number of hydrogen-bond donors (Lipinski definition) is 3. The fourth-order valence-electron chi connectivity index (χ4n) is 3.56. The third-order valence-electron chi connectivity index (χ3n) is 5.32. The third kappa shape index (κ3) is 3.66. The van der Waals surface area contributed by atoms with Gasteiger partial charge in [0.2, 0.25) is 16.8 Å². The normalized spacial score (nSPS) is 13.6. The van der Waals surface area contributed by atoms with Crippen LogP contribution in [0.2, 0.25) is 0 Å². The lowest BCUT2D eigenvalue weighted by molar-refractivity contribution is -0.117. The highest BCUT2D eigenvalue weighted by Crippen LogP contribution is 2.34. The van der Waals surface area contributed by atoms with Crippen LogP contribution in [0.3, 0.4) is 0 Å². The predicted molar refractivity (Wildman–Crippen MR) is 119 cm³/mol. The van der Waals surface area contributed by atoms with Gasteiger partial charge in [0.05, 0.1) is 18.2 Å². The van der Waals surface area contributed by atoms with Crippen molar-refractivity contribution in [3.63, 3.8) is 0 Å². The minimum atomic E-state index is -2.90. The molecule has 1 amide bonds. The molecule has 2 N–H and O–H groups in total. The van der Waals surface area contributed by atoms with Crippen LogP contribution in [0.25, 0.3) is 22.2 Å². The smallest absolute Gasteiger partial charge is 0.230 e. The minimum absolute atomic E-state index is 0.00855. The maximum Gasteiger partial charge on any atom is 0.230 e. The lowest BCUT2D eigenvalue weighted by Gasteiger charge is -2.18. The Morgan fingerprint density at radius 1 is 1.23 bits per heavy atom.